The number of ether oxygens (including phenoxy) is 5. The molecular formula is C38H64ClNO11. The van der Waals surface area contributed by atoms with Gasteiger partial charge in [-0.05, 0) is 129 Å². The fraction of sp³-hybridized carbons (Fsp3) is 0.868. The number of carbonyl (C=O) groups excluding carboxylic acids is 4. The Balaban J connectivity index is 0.000000268. The number of esters is 2. The highest BCUT2D eigenvalue weighted by Gasteiger charge is 2.34. The third-order valence-corrected chi connectivity index (χ3v) is 9.17. The van der Waals surface area contributed by atoms with Crippen LogP contribution in [0.25, 0.3) is 0 Å². The van der Waals surface area contributed by atoms with Gasteiger partial charge in [0, 0.05) is 18.9 Å². The number of carboxylic acids is 1. The number of Topliss-reactive ketones (excluding diaryl/α,β-unsaturated/α-hetero) is 2. The SMILES string of the molecule is CC(C)(C)OC(=O)C[C@@H]1CC[C@@H](C(=O)CC2CC2)OC1.CC(C)(C)OC(=O)C[C@@H]1CC[C@@H](C(=O)O)OC1.Cl.N[C@@H]1CC[C@@H](C(=O)CC2CC2)OC1. The Kier molecular flexibility index (Phi) is 18.5. The van der Waals surface area contributed by atoms with Crippen LogP contribution in [0.4, 0.5) is 0 Å². The van der Waals surface area contributed by atoms with Gasteiger partial charge in [0.25, 0.3) is 0 Å². The second kappa shape index (κ2) is 20.9. The summed E-state index contributed by atoms with van der Waals surface area (Å²) in [7, 11) is 0. The lowest BCUT2D eigenvalue weighted by atomic mass is 9.93. The first-order valence-electron chi connectivity index (χ1n) is 18.7. The molecule has 0 aromatic carbocycles. The molecule has 5 rings (SSSR count). The van der Waals surface area contributed by atoms with Crippen molar-refractivity contribution in [1.29, 1.82) is 0 Å². The molecule has 5 fully saturated rings. The van der Waals surface area contributed by atoms with Crippen molar-refractivity contribution in [2.75, 3.05) is 19.8 Å². The minimum atomic E-state index is -0.930. The minimum Gasteiger partial charge on any atom is -0.479 e. The first-order chi connectivity index (χ1) is 23.4. The Morgan fingerprint density at radius 1 is 0.549 bits per heavy atom. The van der Waals surface area contributed by atoms with Crippen LogP contribution in [0.1, 0.15) is 131 Å². The summed E-state index contributed by atoms with van der Waals surface area (Å²) in [5, 5.41) is 8.74. The Hall–Kier alpha value is -2.12. The summed E-state index contributed by atoms with van der Waals surface area (Å²) in [5.74, 6) is 0.750. The molecule has 0 bridgehead atoms. The van der Waals surface area contributed by atoms with E-state index in [0.29, 0.717) is 69.5 Å². The predicted octanol–water partition coefficient (Wildman–Crippen LogP) is 5.76. The largest absolute Gasteiger partial charge is 0.479 e. The van der Waals surface area contributed by atoms with Crippen molar-refractivity contribution in [3.63, 3.8) is 0 Å². The van der Waals surface area contributed by atoms with Crippen LogP contribution in [0.5, 0.6) is 0 Å². The van der Waals surface area contributed by atoms with E-state index in [2.05, 4.69) is 0 Å². The van der Waals surface area contributed by atoms with Crippen molar-refractivity contribution in [3.8, 4) is 0 Å². The highest BCUT2D eigenvalue weighted by molar-refractivity contribution is 5.85. The van der Waals surface area contributed by atoms with E-state index in [4.69, 9.17) is 34.5 Å². The number of hydrogen-bond acceptors (Lipinski definition) is 11. The van der Waals surface area contributed by atoms with Crippen molar-refractivity contribution in [2.45, 2.75) is 167 Å². The second-order valence-electron chi connectivity index (χ2n) is 16.8. The number of carbonyl (C=O) groups is 5. The summed E-state index contributed by atoms with van der Waals surface area (Å²) in [5.41, 5.74) is 4.76. The van der Waals surface area contributed by atoms with Crippen molar-refractivity contribution < 1.29 is 52.8 Å². The van der Waals surface area contributed by atoms with Crippen LogP contribution in [0, 0.1) is 23.7 Å². The Labute approximate surface area is 310 Å². The minimum absolute atomic E-state index is 0. The van der Waals surface area contributed by atoms with Crippen molar-refractivity contribution >= 4 is 41.9 Å². The lowest BCUT2D eigenvalue weighted by Crippen LogP contribution is -2.39. The molecule has 0 aromatic rings. The molecule has 13 heteroatoms. The fourth-order valence-corrected chi connectivity index (χ4v) is 6.12. The lowest BCUT2D eigenvalue weighted by Gasteiger charge is -2.28. The van der Waals surface area contributed by atoms with Gasteiger partial charge in [-0.3, -0.25) is 19.2 Å². The molecule has 0 radical (unpaired) electrons. The average Bonchev–Trinajstić information content (AvgIpc) is 3.95. The van der Waals surface area contributed by atoms with Gasteiger partial charge in [-0.1, -0.05) is 0 Å². The van der Waals surface area contributed by atoms with Crippen molar-refractivity contribution in [2.24, 2.45) is 29.4 Å². The zero-order valence-corrected chi connectivity index (χ0v) is 32.5. The number of aliphatic carboxylic acids is 1. The summed E-state index contributed by atoms with van der Waals surface area (Å²) in [6.07, 6.45) is 10.4. The first kappa shape index (κ1) is 45.0. The summed E-state index contributed by atoms with van der Waals surface area (Å²) >= 11 is 0. The third-order valence-electron chi connectivity index (χ3n) is 9.17. The zero-order valence-electron chi connectivity index (χ0n) is 31.7. The van der Waals surface area contributed by atoms with Crippen LogP contribution >= 0.6 is 12.4 Å². The van der Waals surface area contributed by atoms with Crippen LogP contribution in [-0.2, 0) is 47.7 Å². The van der Waals surface area contributed by atoms with Crippen molar-refractivity contribution in [3.05, 3.63) is 0 Å². The third kappa shape index (κ3) is 19.5. The normalized spacial score (nSPS) is 27.9. The highest BCUT2D eigenvalue weighted by atomic mass is 35.5. The first-order valence-corrected chi connectivity index (χ1v) is 18.7. The molecule has 3 saturated heterocycles. The van der Waals surface area contributed by atoms with Crippen molar-refractivity contribution in [1.82, 2.24) is 0 Å². The van der Waals surface area contributed by atoms with Crippen LogP contribution in [-0.4, -0.2) is 90.0 Å². The number of carboxylic acid groups (broad SMARTS) is 1. The summed E-state index contributed by atoms with van der Waals surface area (Å²) in [6.45, 7) is 12.4. The molecule has 0 aromatic heterocycles. The number of halogens is 1. The lowest BCUT2D eigenvalue weighted by molar-refractivity contribution is -0.161. The van der Waals surface area contributed by atoms with Gasteiger partial charge in [0.1, 0.15) is 23.4 Å². The monoisotopic (exact) mass is 745 g/mol. The standard InChI is InChI=1S/C16H26O4.C12H20O5.C10H17NO2.ClH/c1-16(2,3)20-15(18)9-12-6-7-14(19-10-12)13(17)8-11-4-5-11;1-12(2,3)17-10(13)6-8-4-5-9(11(14)15)16-7-8;11-8-3-4-10(13-6-8)9(12)5-7-1-2-7;/h11-12,14H,4-10H2,1-3H3;8-9H,4-7H2,1-3H3,(H,14,15);7-8,10H,1-6,11H2;1H/t12-,14-;8-,9-;8-,10+;/m001./s1. The summed E-state index contributed by atoms with van der Waals surface area (Å²) < 4.78 is 26.8. The predicted molar refractivity (Wildman–Crippen MR) is 192 cm³/mol. The van der Waals surface area contributed by atoms with Gasteiger partial charge in [-0.2, -0.15) is 0 Å². The van der Waals surface area contributed by atoms with Gasteiger partial charge in [-0.25, -0.2) is 4.79 Å². The number of ketones is 2. The van der Waals surface area contributed by atoms with E-state index in [-0.39, 0.29) is 60.2 Å². The van der Waals surface area contributed by atoms with Crippen LogP contribution < -0.4 is 5.73 Å². The van der Waals surface area contributed by atoms with Gasteiger partial charge in [0.2, 0.25) is 0 Å². The Bertz CT molecular complexity index is 1120. The molecule has 294 valence electrons. The van der Waals surface area contributed by atoms with Gasteiger partial charge in [0.05, 0.1) is 32.7 Å². The van der Waals surface area contributed by atoms with E-state index in [0.717, 1.165) is 32.1 Å². The fourth-order valence-electron chi connectivity index (χ4n) is 6.12. The highest BCUT2D eigenvalue weighted by Crippen LogP contribution is 2.35. The molecule has 3 heterocycles. The summed E-state index contributed by atoms with van der Waals surface area (Å²) in [6, 6.07) is 0.143. The molecule has 6 atom stereocenters. The smallest absolute Gasteiger partial charge is 0.332 e. The molecule has 0 amide bonds. The molecule has 0 unspecified atom stereocenters. The maximum absolute atomic E-state index is 11.9. The van der Waals surface area contributed by atoms with Crippen LogP contribution in [0.15, 0.2) is 0 Å². The van der Waals surface area contributed by atoms with Crippen LogP contribution in [0.3, 0.4) is 0 Å². The van der Waals surface area contributed by atoms with Gasteiger partial charge >= 0.3 is 17.9 Å². The molecule has 5 aliphatic rings. The molecule has 2 saturated carbocycles. The number of hydrogen-bond donors (Lipinski definition) is 2. The molecule has 0 spiro atoms. The van der Waals surface area contributed by atoms with Gasteiger partial charge in [0.15, 0.2) is 17.7 Å². The van der Waals surface area contributed by atoms with Gasteiger partial charge in [-0.15, -0.1) is 12.4 Å². The van der Waals surface area contributed by atoms with E-state index < -0.39 is 23.3 Å². The number of rotatable bonds is 11. The average molecular weight is 746 g/mol. The van der Waals surface area contributed by atoms with E-state index in [1.807, 2.05) is 41.5 Å². The quantitative estimate of drug-likeness (QED) is 0.245. The molecule has 3 aliphatic heterocycles. The van der Waals surface area contributed by atoms with Gasteiger partial charge < -0.3 is 34.5 Å². The van der Waals surface area contributed by atoms with E-state index in [9.17, 15) is 24.0 Å². The molecule has 12 nitrogen and oxygen atoms in total. The van der Waals surface area contributed by atoms with Crippen LogP contribution in [0.2, 0.25) is 0 Å². The molecular weight excluding hydrogens is 682 g/mol. The molecule has 2 aliphatic carbocycles. The van der Waals surface area contributed by atoms with E-state index >= 15 is 0 Å². The zero-order chi connectivity index (χ0) is 37.1. The topological polar surface area (TPSA) is 178 Å². The molecule has 3 N–H and O–H groups in total. The maximum Gasteiger partial charge on any atom is 0.332 e. The molecule has 51 heavy (non-hydrogen) atoms. The second-order valence-corrected chi connectivity index (χ2v) is 16.8. The Morgan fingerprint density at radius 2 is 0.902 bits per heavy atom. The Morgan fingerprint density at radius 3 is 1.20 bits per heavy atom. The summed E-state index contributed by atoms with van der Waals surface area (Å²) in [4.78, 5) is 57.5. The van der Waals surface area contributed by atoms with E-state index in [1.54, 1.807) is 0 Å². The van der Waals surface area contributed by atoms with E-state index in [1.165, 1.54) is 25.7 Å². The number of nitrogens with two attached hydrogens (primary N) is 1. The maximum atomic E-state index is 11.9.